The third-order valence-corrected chi connectivity index (χ3v) is 6.26. The van der Waals surface area contributed by atoms with E-state index < -0.39 is 10.0 Å². The maximum Gasteiger partial charge on any atom is 0.215 e. The van der Waals surface area contributed by atoms with Crippen molar-refractivity contribution < 1.29 is 13.2 Å². The molecule has 1 aromatic carbocycles. The van der Waals surface area contributed by atoms with Crippen molar-refractivity contribution >= 4 is 40.0 Å². The van der Waals surface area contributed by atoms with E-state index in [0.717, 1.165) is 62.0 Å². The summed E-state index contributed by atoms with van der Waals surface area (Å²) >= 11 is 0. The van der Waals surface area contributed by atoms with E-state index >= 15 is 0 Å². The molecule has 0 atom stereocenters. The minimum Gasteiger partial charge on any atom is -0.381 e. The molecule has 2 N–H and O–H groups in total. The molecule has 28 heavy (non-hydrogen) atoms. The van der Waals surface area contributed by atoms with E-state index in [1.165, 1.54) is 7.05 Å². The molecule has 1 aromatic rings. The van der Waals surface area contributed by atoms with Crippen LogP contribution >= 0.6 is 24.0 Å². The quantitative estimate of drug-likeness (QED) is 0.310. The van der Waals surface area contributed by atoms with Crippen molar-refractivity contribution in [2.45, 2.75) is 31.6 Å². The van der Waals surface area contributed by atoms with Crippen LogP contribution in [0.25, 0.3) is 0 Å². The molecule has 2 rings (SSSR count). The molecule has 0 radical (unpaired) electrons. The Kier molecular flexibility index (Phi) is 11.3. The van der Waals surface area contributed by atoms with Crippen LogP contribution in [0.5, 0.6) is 0 Å². The predicted octanol–water partition coefficient (Wildman–Crippen LogP) is 2.18. The molecule has 7 nitrogen and oxygen atoms in total. The highest BCUT2D eigenvalue weighted by atomic mass is 127. The summed E-state index contributed by atoms with van der Waals surface area (Å²) in [5.41, 5.74) is 1.85. The fourth-order valence-corrected chi connectivity index (χ4v) is 3.90. The van der Waals surface area contributed by atoms with E-state index in [4.69, 9.17) is 4.74 Å². The Balaban J connectivity index is 0.00000392. The first kappa shape index (κ1) is 25.1. The largest absolute Gasteiger partial charge is 0.381 e. The third kappa shape index (κ3) is 8.62. The Bertz CT molecular complexity index is 704. The lowest BCUT2D eigenvalue weighted by atomic mass is 9.96. The summed E-state index contributed by atoms with van der Waals surface area (Å²) in [4.78, 5) is 6.52. The molecule has 160 valence electrons. The van der Waals surface area contributed by atoms with Crippen molar-refractivity contribution in [2.75, 3.05) is 40.9 Å². The van der Waals surface area contributed by atoms with E-state index in [-0.39, 0.29) is 29.7 Å². The molecule has 1 aliphatic rings. The van der Waals surface area contributed by atoms with Gasteiger partial charge in [0.25, 0.3) is 0 Å². The Hall–Kier alpha value is -0.910. The van der Waals surface area contributed by atoms with Gasteiger partial charge in [-0.25, -0.2) is 13.1 Å². The molecule has 0 aromatic heterocycles. The maximum absolute atomic E-state index is 11.6. The molecule has 0 bridgehead atoms. The van der Waals surface area contributed by atoms with Crippen LogP contribution in [0, 0.1) is 5.92 Å². The number of guanidine groups is 1. The van der Waals surface area contributed by atoms with Crippen LogP contribution in [-0.4, -0.2) is 60.2 Å². The van der Waals surface area contributed by atoms with Crippen LogP contribution < -0.4 is 10.0 Å². The molecule has 0 unspecified atom stereocenters. The molecule has 1 aliphatic heterocycles. The smallest absolute Gasteiger partial charge is 0.215 e. The molecule has 0 amide bonds. The molecule has 0 spiro atoms. The Morgan fingerprint density at radius 2 is 1.82 bits per heavy atom. The lowest BCUT2D eigenvalue weighted by molar-refractivity contribution is 0.0625. The number of hydrogen-bond acceptors (Lipinski definition) is 4. The number of nitrogens with one attached hydrogen (secondary N) is 2. The van der Waals surface area contributed by atoms with Gasteiger partial charge in [-0.2, -0.15) is 0 Å². The van der Waals surface area contributed by atoms with Gasteiger partial charge >= 0.3 is 0 Å². The predicted molar refractivity (Wildman–Crippen MR) is 125 cm³/mol. The van der Waals surface area contributed by atoms with Gasteiger partial charge in [-0.3, -0.25) is 4.99 Å². The van der Waals surface area contributed by atoms with Crippen LogP contribution in [0.15, 0.2) is 29.3 Å². The van der Waals surface area contributed by atoms with Crippen molar-refractivity contribution in [2.24, 2.45) is 10.9 Å². The van der Waals surface area contributed by atoms with Crippen LogP contribution in [0.3, 0.4) is 0 Å². The summed E-state index contributed by atoms with van der Waals surface area (Å²) in [6.07, 6.45) is 3.44. The highest BCUT2D eigenvalue weighted by Crippen LogP contribution is 2.18. The minimum absolute atomic E-state index is 0. The lowest BCUT2D eigenvalue weighted by Crippen LogP contribution is -2.39. The Morgan fingerprint density at radius 1 is 1.21 bits per heavy atom. The number of hydrogen-bond donors (Lipinski definition) is 2. The van der Waals surface area contributed by atoms with Gasteiger partial charge in [0, 0.05) is 40.4 Å². The maximum atomic E-state index is 11.6. The van der Waals surface area contributed by atoms with E-state index in [1.54, 1.807) is 7.05 Å². The molecule has 1 fully saturated rings. The summed E-state index contributed by atoms with van der Waals surface area (Å²) in [7, 11) is 2.03. The first-order valence-electron chi connectivity index (χ1n) is 9.42. The van der Waals surface area contributed by atoms with E-state index in [1.807, 2.05) is 24.3 Å². The Morgan fingerprint density at radius 3 is 2.39 bits per heavy atom. The minimum atomic E-state index is -3.24. The van der Waals surface area contributed by atoms with Crippen molar-refractivity contribution in [1.82, 2.24) is 14.9 Å². The summed E-state index contributed by atoms with van der Waals surface area (Å²) in [5, 5.41) is 3.37. The van der Waals surface area contributed by atoms with E-state index in [9.17, 15) is 8.42 Å². The van der Waals surface area contributed by atoms with Crippen molar-refractivity contribution in [1.29, 1.82) is 0 Å². The van der Waals surface area contributed by atoms with Crippen molar-refractivity contribution in [3.05, 3.63) is 35.4 Å². The third-order valence-electron chi connectivity index (χ3n) is 4.93. The number of ether oxygens (including phenoxy) is 1. The zero-order valence-corrected chi connectivity index (χ0v) is 20.1. The SMILES string of the molecule is CN=C(NCc1ccc(CS(=O)(=O)NC)cc1)N(C)CCC1CCOCC1.I. The average molecular weight is 524 g/mol. The molecular formula is C19H33IN4O3S. The lowest BCUT2D eigenvalue weighted by Gasteiger charge is -2.26. The normalized spacial score (nSPS) is 15.8. The fourth-order valence-electron chi connectivity index (χ4n) is 3.13. The van der Waals surface area contributed by atoms with Gasteiger partial charge in [0.05, 0.1) is 5.75 Å². The van der Waals surface area contributed by atoms with Gasteiger partial charge in [0.2, 0.25) is 10.0 Å². The van der Waals surface area contributed by atoms with E-state index in [2.05, 4.69) is 27.0 Å². The monoisotopic (exact) mass is 524 g/mol. The fraction of sp³-hybridized carbons (Fsp3) is 0.632. The highest BCUT2D eigenvalue weighted by molar-refractivity contribution is 14.0. The summed E-state index contributed by atoms with van der Waals surface area (Å²) < 4.78 is 31.0. The summed E-state index contributed by atoms with van der Waals surface area (Å²) in [6.45, 7) is 3.37. The number of aliphatic imine (C=N–C) groups is 1. The molecule has 9 heteroatoms. The van der Waals surface area contributed by atoms with Crippen LogP contribution in [0.1, 0.15) is 30.4 Å². The number of benzene rings is 1. The first-order chi connectivity index (χ1) is 12.9. The molecule has 1 heterocycles. The second-order valence-corrected chi connectivity index (χ2v) is 8.87. The standard InChI is InChI=1S/C19H32N4O3S.HI/c1-20-19(23(3)11-8-16-9-12-26-13-10-16)22-14-17-4-6-18(7-5-17)15-27(24,25)21-2;/h4-7,16,21H,8-15H2,1-3H3,(H,20,22);1H. The van der Waals surface area contributed by atoms with Crippen LogP contribution in [0.4, 0.5) is 0 Å². The van der Waals surface area contributed by atoms with Gasteiger partial charge in [-0.15, -0.1) is 24.0 Å². The number of nitrogens with zero attached hydrogens (tertiary/aromatic N) is 2. The second kappa shape index (κ2) is 12.6. The van der Waals surface area contributed by atoms with Crippen molar-refractivity contribution in [3.8, 4) is 0 Å². The topological polar surface area (TPSA) is 83.0 Å². The van der Waals surface area contributed by atoms with E-state index in [0.29, 0.717) is 6.54 Å². The van der Waals surface area contributed by atoms with Crippen LogP contribution in [0.2, 0.25) is 0 Å². The van der Waals surface area contributed by atoms with Gasteiger partial charge in [0.1, 0.15) is 0 Å². The summed E-state index contributed by atoms with van der Waals surface area (Å²) in [6, 6.07) is 7.60. The summed E-state index contributed by atoms with van der Waals surface area (Å²) in [5.74, 6) is 1.60. The molecular weight excluding hydrogens is 491 g/mol. The van der Waals surface area contributed by atoms with Crippen molar-refractivity contribution in [3.63, 3.8) is 0 Å². The second-order valence-electron chi connectivity index (χ2n) is 6.95. The Labute approximate surface area is 186 Å². The zero-order valence-electron chi connectivity index (χ0n) is 17.0. The zero-order chi connectivity index (χ0) is 19.7. The molecule has 1 saturated heterocycles. The molecule has 0 saturated carbocycles. The number of rotatable bonds is 8. The highest BCUT2D eigenvalue weighted by Gasteiger charge is 2.15. The van der Waals surface area contributed by atoms with Gasteiger partial charge in [-0.1, -0.05) is 24.3 Å². The van der Waals surface area contributed by atoms with Crippen LogP contribution in [-0.2, 0) is 27.1 Å². The average Bonchev–Trinajstić information content (AvgIpc) is 2.68. The first-order valence-corrected chi connectivity index (χ1v) is 11.1. The number of halogens is 1. The molecule has 0 aliphatic carbocycles. The van der Waals surface area contributed by atoms with Gasteiger partial charge < -0.3 is 15.0 Å². The number of sulfonamides is 1. The van der Waals surface area contributed by atoms with Gasteiger partial charge in [0.15, 0.2) is 5.96 Å². The van der Waals surface area contributed by atoms with Gasteiger partial charge in [-0.05, 0) is 43.4 Å².